The lowest BCUT2D eigenvalue weighted by Gasteiger charge is -2.34. The zero-order valence-electron chi connectivity index (χ0n) is 13.7. The second-order valence-corrected chi connectivity index (χ2v) is 6.73. The Labute approximate surface area is 146 Å². The van der Waals surface area contributed by atoms with Crippen LogP contribution in [0.5, 0.6) is 0 Å². The smallest absolute Gasteiger partial charge is 0.319 e. The number of hydrogen-bond acceptors (Lipinski definition) is 3. The number of carbonyl (C=O) groups excluding carboxylic acids is 2. The molecule has 0 spiro atoms. The number of likely N-dealkylation sites (tertiary alicyclic amines) is 1. The highest BCUT2D eigenvalue weighted by molar-refractivity contribution is 6.30. The second kappa shape index (κ2) is 7.40. The van der Waals surface area contributed by atoms with Gasteiger partial charge in [-0.05, 0) is 43.9 Å². The molecule has 2 aliphatic rings. The van der Waals surface area contributed by atoms with Gasteiger partial charge >= 0.3 is 6.03 Å². The molecule has 0 bridgehead atoms. The Kier molecular flexibility index (Phi) is 5.26. The van der Waals surface area contributed by atoms with Crippen LogP contribution in [0.3, 0.4) is 0 Å². The summed E-state index contributed by atoms with van der Waals surface area (Å²) in [6, 6.07) is 4.73. The maximum absolute atomic E-state index is 12.4. The third-order valence-electron chi connectivity index (χ3n) is 4.68. The van der Waals surface area contributed by atoms with Gasteiger partial charge in [0, 0.05) is 36.0 Å². The van der Waals surface area contributed by atoms with Gasteiger partial charge in [0.05, 0.1) is 6.61 Å². The van der Waals surface area contributed by atoms with Gasteiger partial charge in [0.15, 0.2) is 0 Å². The minimum Gasteiger partial charge on any atom is -0.380 e. The summed E-state index contributed by atoms with van der Waals surface area (Å²) >= 11 is 5.98. The van der Waals surface area contributed by atoms with Gasteiger partial charge < -0.3 is 20.3 Å². The Morgan fingerprint density at radius 3 is 2.83 bits per heavy atom. The molecule has 2 N–H and O–H groups in total. The van der Waals surface area contributed by atoms with E-state index < -0.39 is 6.04 Å². The van der Waals surface area contributed by atoms with E-state index in [9.17, 15) is 9.59 Å². The molecule has 1 aromatic carbocycles. The van der Waals surface area contributed by atoms with Crippen LogP contribution >= 0.6 is 11.6 Å². The first-order valence-electron chi connectivity index (χ1n) is 8.24. The van der Waals surface area contributed by atoms with Crippen LogP contribution in [0.1, 0.15) is 31.2 Å². The van der Waals surface area contributed by atoms with Crippen molar-refractivity contribution in [3.63, 3.8) is 0 Å². The molecule has 130 valence electrons. The molecule has 1 aliphatic heterocycles. The van der Waals surface area contributed by atoms with Gasteiger partial charge in [-0.2, -0.15) is 0 Å². The fourth-order valence-electron chi connectivity index (χ4n) is 3.17. The molecule has 24 heavy (non-hydrogen) atoms. The number of nitrogens with one attached hydrogen (secondary N) is 2. The first-order valence-corrected chi connectivity index (χ1v) is 8.61. The lowest BCUT2D eigenvalue weighted by Crippen LogP contribution is -2.47. The summed E-state index contributed by atoms with van der Waals surface area (Å²) in [4.78, 5) is 26.5. The standard InChI is InChI=1S/C17H22ClN3O3/c1-24-10-11-9-12(18)5-6-14(11)19-17(23)20-15-7-8-21(16(15)22)13-3-2-4-13/h5-6,9,13,15H,2-4,7-8,10H2,1H3,(H2,19,20,23). The van der Waals surface area contributed by atoms with Gasteiger partial charge in [-0.15, -0.1) is 0 Å². The lowest BCUT2D eigenvalue weighted by molar-refractivity contribution is -0.132. The number of carbonyl (C=O) groups is 2. The highest BCUT2D eigenvalue weighted by Crippen LogP contribution is 2.28. The number of amides is 3. The van der Waals surface area contributed by atoms with Gasteiger partial charge in [0.25, 0.3) is 0 Å². The molecule has 1 heterocycles. The summed E-state index contributed by atoms with van der Waals surface area (Å²) in [5.74, 6) is 0.0306. The van der Waals surface area contributed by atoms with E-state index in [1.54, 1.807) is 25.3 Å². The minimum atomic E-state index is -0.441. The van der Waals surface area contributed by atoms with E-state index in [4.69, 9.17) is 16.3 Å². The molecule has 1 aliphatic carbocycles. The van der Waals surface area contributed by atoms with Crippen LogP contribution in [0.15, 0.2) is 18.2 Å². The van der Waals surface area contributed by atoms with Crippen molar-refractivity contribution in [1.82, 2.24) is 10.2 Å². The molecule has 1 unspecified atom stereocenters. The van der Waals surface area contributed by atoms with Gasteiger partial charge in [0.2, 0.25) is 5.91 Å². The van der Waals surface area contributed by atoms with Crippen molar-refractivity contribution in [2.75, 3.05) is 19.0 Å². The summed E-state index contributed by atoms with van der Waals surface area (Å²) < 4.78 is 5.12. The van der Waals surface area contributed by atoms with E-state index in [-0.39, 0.29) is 11.9 Å². The largest absolute Gasteiger partial charge is 0.380 e. The summed E-state index contributed by atoms with van der Waals surface area (Å²) in [5.41, 5.74) is 1.41. The van der Waals surface area contributed by atoms with Crippen molar-refractivity contribution in [2.24, 2.45) is 0 Å². The zero-order valence-corrected chi connectivity index (χ0v) is 14.4. The Morgan fingerprint density at radius 2 is 2.17 bits per heavy atom. The molecule has 2 fully saturated rings. The second-order valence-electron chi connectivity index (χ2n) is 6.29. The highest BCUT2D eigenvalue weighted by atomic mass is 35.5. The van der Waals surface area contributed by atoms with E-state index in [1.165, 1.54) is 6.42 Å². The Balaban J connectivity index is 1.59. The number of halogens is 1. The van der Waals surface area contributed by atoms with Crippen LogP contribution < -0.4 is 10.6 Å². The predicted molar refractivity (Wildman–Crippen MR) is 92.1 cm³/mol. The Bertz CT molecular complexity index is 634. The molecule has 3 rings (SSSR count). The van der Waals surface area contributed by atoms with Crippen molar-refractivity contribution in [3.8, 4) is 0 Å². The van der Waals surface area contributed by atoms with Crippen LogP contribution in [-0.2, 0) is 16.1 Å². The topological polar surface area (TPSA) is 70.7 Å². The summed E-state index contributed by atoms with van der Waals surface area (Å²) in [5, 5.41) is 6.14. The third kappa shape index (κ3) is 3.65. The van der Waals surface area contributed by atoms with Crippen molar-refractivity contribution < 1.29 is 14.3 Å². The number of rotatable bonds is 5. The first kappa shape index (κ1) is 17.0. The van der Waals surface area contributed by atoms with Crippen LogP contribution in [0.2, 0.25) is 5.02 Å². The molecular weight excluding hydrogens is 330 g/mol. The normalized spacial score (nSPS) is 20.8. The maximum atomic E-state index is 12.4. The van der Waals surface area contributed by atoms with Crippen LogP contribution in [0.25, 0.3) is 0 Å². The van der Waals surface area contributed by atoms with Crippen LogP contribution in [-0.4, -0.2) is 42.6 Å². The van der Waals surface area contributed by atoms with Crippen molar-refractivity contribution in [2.45, 2.75) is 44.4 Å². The molecule has 1 saturated heterocycles. The molecule has 6 nitrogen and oxygen atoms in total. The van der Waals surface area contributed by atoms with Crippen molar-refractivity contribution >= 4 is 29.2 Å². The average molecular weight is 352 g/mol. The van der Waals surface area contributed by atoms with Gasteiger partial charge in [-0.25, -0.2) is 4.79 Å². The van der Waals surface area contributed by atoms with Gasteiger partial charge in [-0.3, -0.25) is 4.79 Å². The number of ether oxygens (including phenoxy) is 1. The molecule has 0 radical (unpaired) electrons. The van der Waals surface area contributed by atoms with E-state index in [0.29, 0.717) is 29.8 Å². The molecule has 1 aromatic rings. The number of benzene rings is 1. The molecule has 7 heteroatoms. The van der Waals surface area contributed by atoms with Crippen LogP contribution in [0, 0.1) is 0 Å². The molecular formula is C17H22ClN3O3. The fraction of sp³-hybridized carbons (Fsp3) is 0.529. The minimum absolute atomic E-state index is 0.0306. The number of anilines is 1. The van der Waals surface area contributed by atoms with E-state index in [0.717, 1.165) is 24.9 Å². The SMILES string of the molecule is COCc1cc(Cl)ccc1NC(=O)NC1CCN(C2CCC2)C1=O. The maximum Gasteiger partial charge on any atom is 0.319 e. The van der Waals surface area contributed by atoms with Crippen LogP contribution in [0.4, 0.5) is 10.5 Å². The molecule has 1 saturated carbocycles. The number of urea groups is 1. The van der Waals surface area contributed by atoms with Crippen molar-refractivity contribution in [3.05, 3.63) is 28.8 Å². The number of nitrogens with zero attached hydrogens (tertiary/aromatic N) is 1. The number of hydrogen-bond donors (Lipinski definition) is 2. The highest BCUT2D eigenvalue weighted by Gasteiger charge is 2.38. The predicted octanol–water partition coefficient (Wildman–Crippen LogP) is 2.76. The Hall–Kier alpha value is -1.79. The van der Waals surface area contributed by atoms with E-state index >= 15 is 0 Å². The zero-order chi connectivity index (χ0) is 17.1. The average Bonchev–Trinajstić information content (AvgIpc) is 2.82. The van der Waals surface area contributed by atoms with Gasteiger partial charge in [-0.1, -0.05) is 11.6 Å². The van der Waals surface area contributed by atoms with E-state index in [1.807, 2.05) is 4.90 Å². The quantitative estimate of drug-likeness (QED) is 0.857. The lowest BCUT2D eigenvalue weighted by atomic mass is 9.92. The van der Waals surface area contributed by atoms with E-state index in [2.05, 4.69) is 10.6 Å². The monoisotopic (exact) mass is 351 g/mol. The molecule has 3 amide bonds. The van der Waals surface area contributed by atoms with Gasteiger partial charge in [0.1, 0.15) is 6.04 Å². The molecule has 1 atom stereocenters. The third-order valence-corrected chi connectivity index (χ3v) is 4.91. The van der Waals surface area contributed by atoms with Crippen molar-refractivity contribution in [1.29, 1.82) is 0 Å². The number of methoxy groups -OCH3 is 1. The summed E-state index contributed by atoms with van der Waals surface area (Å²) in [6.45, 7) is 1.07. The molecule has 0 aromatic heterocycles. The first-order chi connectivity index (χ1) is 11.6. The summed E-state index contributed by atoms with van der Waals surface area (Å²) in [6.07, 6.45) is 4.01. The Morgan fingerprint density at radius 1 is 1.38 bits per heavy atom. The fourth-order valence-corrected chi connectivity index (χ4v) is 3.37. The summed E-state index contributed by atoms with van der Waals surface area (Å²) in [7, 11) is 1.58.